The molecule has 2 bridgehead atoms. The van der Waals surface area contributed by atoms with E-state index in [1.54, 1.807) is 18.5 Å². The maximum atomic E-state index is 13.9. The lowest BCUT2D eigenvalue weighted by atomic mass is 9.76. The summed E-state index contributed by atoms with van der Waals surface area (Å²) in [6.07, 6.45) is 4.33. The predicted octanol–water partition coefficient (Wildman–Crippen LogP) is 5.29. The van der Waals surface area contributed by atoms with Crippen LogP contribution in [0.5, 0.6) is 0 Å². The molecule has 2 fully saturated rings. The highest BCUT2D eigenvalue weighted by Gasteiger charge is 2.50. The van der Waals surface area contributed by atoms with Crippen molar-refractivity contribution in [3.63, 3.8) is 0 Å². The zero-order valence-corrected chi connectivity index (χ0v) is 23.9. The molecular formula is C33H35N5O3. The highest BCUT2D eigenvalue weighted by atomic mass is 16.2. The number of aryl methyl sites for hydroxylation is 1. The maximum absolute atomic E-state index is 13.9. The third-order valence-corrected chi connectivity index (χ3v) is 8.61. The van der Waals surface area contributed by atoms with E-state index in [2.05, 4.69) is 15.0 Å². The summed E-state index contributed by atoms with van der Waals surface area (Å²) in [4.78, 5) is 56.5. The summed E-state index contributed by atoms with van der Waals surface area (Å²) in [7, 11) is 0. The Kier molecular flexibility index (Phi) is 6.72. The molecule has 0 aliphatic carbocycles. The molecule has 8 nitrogen and oxygen atoms in total. The molecule has 4 aromatic rings. The summed E-state index contributed by atoms with van der Waals surface area (Å²) >= 11 is 0. The van der Waals surface area contributed by atoms with Crippen LogP contribution >= 0.6 is 0 Å². The number of fused-ring (bicyclic) bond motifs is 3. The molecule has 3 atom stereocenters. The van der Waals surface area contributed by atoms with Crippen LogP contribution in [0.3, 0.4) is 0 Å². The second kappa shape index (κ2) is 10.3. The van der Waals surface area contributed by atoms with Gasteiger partial charge in [0, 0.05) is 48.4 Å². The first-order valence-electron chi connectivity index (χ1n) is 14.2. The molecule has 0 radical (unpaired) electrons. The zero-order valence-electron chi connectivity index (χ0n) is 23.9. The van der Waals surface area contributed by atoms with Gasteiger partial charge in [-0.25, -0.2) is 0 Å². The second-order valence-electron chi connectivity index (χ2n) is 12.4. The summed E-state index contributed by atoms with van der Waals surface area (Å²) in [6, 6.07) is 17.1. The number of piperazine rings is 1. The van der Waals surface area contributed by atoms with Crippen LogP contribution in [-0.4, -0.2) is 67.5 Å². The number of pyridine rings is 2. The fourth-order valence-corrected chi connectivity index (χ4v) is 6.26. The van der Waals surface area contributed by atoms with Crippen LogP contribution in [-0.2, 0) is 4.79 Å². The normalized spacial score (nSPS) is 19.1. The van der Waals surface area contributed by atoms with E-state index in [9.17, 15) is 14.4 Å². The number of Topliss-reactive ketones (excluding diaryl/α,β-unsaturated/α-hetero) is 1. The first-order valence-corrected chi connectivity index (χ1v) is 14.2. The average molecular weight is 550 g/mol. The van der Waals surface area contributed by atoms with Crippen molar-refractivity contribution in [1.29, 1.82) is 0 Å². The Labute approximate surface area is 239 Å². The van der Waals surface area contributed by atoms with Gasteiger partial charge in [-0.3, -0.25) is 24.4 Å². The smallest absolute Gasteiger partial charge is 0.272 e. The molecule has 6 rings (SSSR count). The first kappa shape index (κ1) is 26.9. The molecule has 0 saturated carbocycles. The Morgan fingerprint density at radius 2 is 1.73 bits per heavy atom. The number of carbonyl (C=O) groups excluding carboxylic acids is 3. The number of amides is 2. The van der Waals surface area contributed by atoms with Gasteiger partial charge in [-0.15, -0.1) is 0 Å². The number of aromatic nitrogens is 3. The number of H-pyrrole nitrogens is 1. The molecule has 2 saturated heterocycles. The molecule has 1 aromatic carbocycles. The monoisotopic (exact) mass is 549 g/mol. The highest BCUT2D eigenvalue weighted by Crippen LogP contribution is 2.38. The van der Waals surface area contributed by atoms with Crippen molar-refractivity contribution in [2.24, 2.45) is 11.3 Å². The van der Waals surface area contributed by atoms with E-state index in [0.717, 1.165) is 34.1 Å². The number of nitrogens with one attached hydrogen (secondary N) is 1. The quantitative estimate of drug-likeness (QED) is 0.329. The number of benzene rings is 1. The standard InChI is InChI=1S/C33H35N5O3/c1-20-8-7-13-34-30(20)22-11-12-27(35-17-22)32(41)38-19-23-15-24(38)18-37(23)31(40)25(33(2,3)4)16-29(39)28-14-21-9-5-6-10-26(21)36-28/h5-14,17,23-25,36H,15-16,18-19H2,1-4H3/t23-,24-,25+/m0/s1. The van der Waals surface area contributed by atoms with Gasteiger partial charge in [0.25, 0.3) is 5.91 Å². The minimum absolute atomic E-state index is 0.00484. The fraction of sp³-hybridized carbons (Fsp3) is 0.364. The molecule has 3 aromatic heterocycles. The lowest BCUT2D eigenvalue weighted by molar-refractivity contribution is -0.141. The summed E-state index contributed by atoms with van der Waals surface area (Å²) in [5.41, 5.74) is 4.21. The number of ketones is 1. The Morgan fingerprint density at radius 1 is 0.976 bits per heavy atom. The van der Waals surface area contributed by atoms with Crippen molar-refractivity contribution >= 4 is 28.5 Å². The van der Waals surface area contributed by atoms with E-state index in [1.165, 1.54) is 0 Å². The molecule has 1 N–H and O–H groups in total. The Bertz CT molecular complexity index is 1600. The van der Waals surface area contributed by atoms with Gasteiger partial charge in [0.05, 0.1) is 29.4 Å². The Hall–Kier alpha value is -4.33. The number of likely N-dealkylation sites (tertiary alicyclic amines) is 2. The summed E-state index contributed by atoms with van der Waals surface area (Å²) in [5.74, 6) is -0.648. The van der Waals surface area contributed by atoms with Gasteiger partial charge in [0.15, 0.2) is 5.78 Å². The van der Waals surface area contributed by atoms with Gasteiger partial charge in [-0.05, 0) is 54.7 Å². The van der Waals surface area contributed by atoms with Crippen molar-refractivity contribution in [2.45, 2.75) is 52.6 Å². The second-order valence-corrected chi connectivity index (χ2v) is 12.4. The molecule has 8 heteroatoms. The number of carbonyl (C=O) groups is 3. The molecule has 0 spiro atoms. The number of para-hydroxylation sites is 1. The number of nitrogens with zero attached hydrogens (tertiary/aromatic N) is 4. The van der Waals surface area contributed by atoms with Crippen molar-refractivity contribution < 1.29 is 14.4 Å². The van der Waals surface area contributed by atoms with Crippen molar-refractivity contribution in [3.05, 3.63) is 83.9 Å². The molecule has 210 valence electrons. The van der Waals surface area contributed by atoms with Crippen molar-refractivity contribution in [3.8, 4) is 11.3 Å². The van der Waals surface area contributed by atoms with Gasteiger partial charge < -0.3 is 14.8 Å². The summed E-state index contributed by atoms with van der Waals surface area (Å²) < 4.78 is 0. The molecule has 5 heterocycles. The van der Waals surface area contributed by atoms with Crippen LogP contribution in [0, 0.1) is 18.3 Å². The Morgan fingerprint density at radius 3 is 2.39 bits per heavy atom. The van der Waals surface area contributed by atoms with E-state index >= 15 is 0 Å². The average Bonchev–Trinajstić information content (AvgIpc) is 3.69. The van der Waals surface area contributed by atoms with Crippen molar-refractivity contribution in [2.75, 3.05) is 13.1 Å². The maximum Gasteiger partial charge on any atom is 0.272 e. The van der Waals surface area contributed by atoms with Gasteiger partial charge in [0.2, 0.25) is 5.91 Å². The molecular weight excluding hydrogens is 514 g/mol. The van der Waals surface area contributed by atoms with Crippen LogP contribution in [0.4, 0.5) is 0 Å². The number of aromatic amines is 1. The molecule has 2 amide bonds. The van der Waals surface area contributed by atoms with E-state index in [1.807, 2.05) is 86.0 Å². The van der Waals surface area contributed by atoms with Crippen LogP contribution in [0.2, 0.25) is 0 Å². The lowest BCUT2D eigenvalue weighted by Crippen LogP contribution is -2.53. The van der Waals surface area contributed by atoms with E-state index in [4.69, 9.17) is 0 Å². The molecule has 2 aliphatic heterocycles. The fourth-order valence-electron chi connectivity index (χ4n) is 6.26. The van der Waals surface area contributed by atoms with Gasteiger partial charge in [0.1, 0.15) is 5.69 Å². The topological polar surface area (TPSA) is 99.3 Å². The molecule has 2 aliphatic rings. The number of hydrogen-bond acceptors (Lipinski definition) is 5. The van der Waals surface area contributed by atoms with E-state index < -0.39 is 11.3 Å². The molecule has 0 unspecified atom stereocenters. The lowest BCUT2D eigenvalue weighted by Gasteiger charge is -2.39. The largest absolute Gasteiger partial charge is 0.352 e. The van der Waals surface area contributed by atoms with Gasteiger partial charge in [-0.2, -0.15) is 0 Å². The van der Waals surface area contributed by atoms with E-state index in [0.29, 0.717) is 24.5 Å². The third-order valence-electron chi connectivity index (χ3n) is 8.61. The van der Waals surface area contributed by atoms with Crippen molar-refractivity contribution in [1.82, 2.24) is 24.8 Å². The zero-order chi connectivity index (χ0) is 28.9. The van der Waals surface area contributed by atoms with Crippen LogP contribution in [0.25, 0.3) is 22.2 Å². The first-order chi connectivity index (χ1) is 19.6. The summed E-state index contributed by atoms with van der Waals surface area (Å²) in [5, 5.41) is 0.979. The SMILES string of the molecule is Cc1cccnc1-c1ccc(C(=O)N2C[C@@H]3C[C@H]2CN3C(=O)[C@@H](CC(=O)c2cc3ccccc3[nH]2)C(C)(C)C)nc1. The minimum atomic E-state index is -0.464. The highest BCUT2D eigenvalue weighted by molar-refractivity contribution is 6.01. The van der Waals surface area contributed by atoms with Gasteiger partial charge in [-0.1, -0.05) is 45.0 Å². The van der Waals surface area contributed by atoms with E-state index in [-0.39, 0.29) is 36.1 Å². The Balaban J connectivity index is 1.13. The minimum Gasteiger partial charge on any atom is -0.352 e. The van der Waals surface area contributed by atoms with Gasteiger partial charge >= 0.3 is 0 Å². The predicted molar refractivity (Wildman–Crippen MR) is 157 cm³/mol. The van der Waals surface area contributed by atoms with Crippen LogP contribution in [0.15, 0.2) is 67.0 Å². The number of hydrogen-bond donors (Lipinski definition) is 1. The number of rotatable bonds is 6. The van der Waals surface area contributed by atoms with Crippen LogP contribution in [0.1, 0.15) is 60.2 Å². The molecule has 41 heavy (non-hydrogen) atoms. The summed E-state index contributed by atoms with van der Waals surface area (Å²) in [6.45, 7) is 9.00. The van der Waals surface area contributed by atoms with Crippen LogP contribution < -0.4 is 0 Å². The third kappa shape index (κ3) is 5.03.